The second-order valence-corrected chi connectivity index (χ2v) is 3.30. The number of aromatic nitrogens is 1. The number of nitrogens with zero attached hydrogens (tertiary/aromatic N) is 1. The molecule has 5 nitrogen and oxygen atoms in total. The number of ether oxygens (including phenoxy) is 2. The minimum absolute atomic E-state index is 0.0964. The van der Waals surface area contributed by atoms with Crippen LogP contribution in [0.1, 0.15) is 0 Å². The van der Waals surface area contributed by atoms with Gasteiger partial charge in [-0.2, -0.15) is 0 Å². The fraction of sp³-hybridized carbons (Fsp3) is 0.100. The van der Waals surface area contributed by atoms with E-state index in [-0.39, 0.29) is 18.2 Å². The smallest absolute Gasteiger partial charge is 0.231 e. The molecule has 82 valence electrons. The molecule has 0 atom stereocenters. The van der Waals surface area contributed by atoms with E-state index in [0.29, 0.717) is 17.2 Å². The molecule has 3 rings (SSSR count). The molecule has 0 fully saturated rings. The van der Waals surface area contributed by atoms with E-state index in [1.54, 1.807) is 0 Å². The van der Waals surface area contributed by atoms with Crippen LogP contribution in [0, 0.1) is 5.82 Å². The van der Waals surface area contributed by atoms with Gasteiger partial charge in [-0.05, 0) is 6.07 Å². The minimum Gasteiger partial charge on any atom is -0.454 e. The summed E-state index contributed by atoms with van der Waals surface area (Å²) < 4.78 is 28.6. The number of hydrogen-bond acceptors (Lipinski definition) is 5. The maximum absolute atomic E-state index is 13.7. The first-order valence-electron chi connectivity index (χ1n) is 4.56. The third-order valence-electron chi connectivity index (χ3n) is 2.27. The highest BCUT2D eigenvalue weighted by molar-refractivity contribution is 5.66. The first-order chi connectivity index (χ1) is 7.74. The van der Waals surface area contributed by atoms with E-state index >= 15 is 0 Å². The van der Waals surface area contributed by atoms with Crippen molar-refractivity contribution in [2.75, 3.05) is 12.5 Å². The summed E-state index contributed by atoms with van der Waals surface area (Å²) in [7, 11) is 0. The number of anilines is 1. The third kappa shape index (κ3) is 1.27. The standard InChI is InChI=1S/C10H7FN2O3/c11-6-2-9-8(14-4-15-9)1-5(6)7-3-10(12)16-13-7/h1-3H,4,12H2. The summed E-state index contributed by atoms with van der Waals surface area (Å²) in [6, 6.07) is 4.21. The Labute approximate surface area is 89.5 Å². The summed E-state index contributed by atoms with van der Waals surface area (Å²) in [5.74, 6) is 0.542. The van der Waals surface area contributed by atoms with Crippen LogP contribution in [0.25, 0.3) is 11.3 Å². The molecule has 0 spiro atoms. The molecular weight excluding hydrogens is 215 g/mol. The molecule has 2 heterocycles. The van der Waals surface area contributed by atoms with Crippen LogP contribution in [0.2, 0.25) is 0 Å². The van der Waals surface area contributed by atoms with Crippen molar-refractivity contribution in [2.24, 2.45) is 0 Å². The number of halogens is 1. The minimum atomic E-state index is -0.461. The first kappa shape index (κ1) is 9.02. The summed E-state index contributed by atoms with van der Waals surface area (Å²) in [6.07, 6.45) is 0. The number of benzene rings is 1. The van der Waals surface area contributed by atoms with E-state index < -0.39 is 5.82 Å². The SMILES string of the molecule is Nc1cc(-c2cc3c(cc2F)OCO3)no1. The molecule has 0 amide bonds. The van der Waals surface area contributed by atoms with Crippen LogP contribution in [-0.4, -0.2) is 11.9 Å². The van der Waals surface area contributed by atoms with E-state index in [1.807, 2.05) is 0 Å². The molecule has 0 bridgehead atoms. The highest BCUT2D eigenvalue weighted by Gasteiger charge is 2.19. The van der Waals surface area contributed by atoms with Crippen LogP contribution in [-0.2, 0) is 0 Å². The molecule has 1 aromatic heterocycles. The molecule has 1 aliphatic rings. The molecule has 16 heavy (non-hydrogen) atoms. The largest absolute Gasteiger partial charge is 0.454 e. The lowest BCUT2D eigenvalue weighted by molar-refractivity contribution is 0.174. The van der Waals surface area contributed by atoms with E-state index in [0.717, 1.165) is 0 Å². The first-order valence-corrected chi connectivity index (χ1v) is 4.56. The Bertz CT molecular complexity index is 553. The summed E-state index contributed by atoms with van der Waals surface area (Å²) >= 11 is 0. The average Bonchev–Trinajstić information content (AvgIpc) is 2.84. The monoisotopic (exact) mass is 222 g/mol. The van der Waals surface area contributed by atoms with Crippen molar-refractivity contribution >= 4 is 5.88 Å². The van der Waals surface area contributed by atoms with Gasteiger partial charge in [-0.25, -0.2) is 4.39 Å². The van der Waals surface area contributed by atoms with Crippen molar-refractivity contribution in [3.05, 3.63) is 24.0 Å². The maximum atomic E-state index is 13.7. The molecule has 0 aliphatic carbocycles. The van der Waals surface area contributed by atoms with Crippen molar-refractivity contribution < 1.29 is 18.4 Å². The lowest BCUT2D eigenvalue weighted by Gasteiger charge is -2.00. The van der Waals surface area contributed by atoms with Gasteiger partial charge in [0.2, 0.25) is 12.7 Å². The van der Waals surface area contributed by atoms with E-state index in [2.05, 4.69) is 9.68 Å². The fourth-order valence-corrected chi connectivity index (χ4v) is 1.53. The predicted molar refractivity (Wildman–Crippen MR) is 52.4 cm³/mol. The van der Waals surface area contributed by atoms with E-state index in [1.165, 1.54) is 18.2 Å². The lowest BCUT2D eigenvalue weighted by atomic mass is 10.1. The maximum Gasteiger partial charge on any atom is 0.231 e. The molecular formula is C10H7FN2O3. The van der Waals surface area contributed by atoms with Gasteiger partial charge >= 0.3 is 0 Å². The zero-order valence-electron chi connectivity index (χ0n) is 8.07. The summed E-state index contributed by atoms with van der Waals surface area (Å²) in [5.41, 5.74) is 5.97. The highest BCUT2D eigenvalue weighted by Crippen LogP contribution is 2.37. The highest BCUT2D eigenvalue weighted by atomic mass is 19.1. The normalized spacial score (nSPS) is 13.1. The van der Waals surface area contributed by atoms with E-state index in [9.17, 15) is 4.39 Å². The Morgan fingerprint density at radius 2 is 1.94 bits per heavy atom. The Kier molecular flexibility index (Phi) is 1.76. The average molecular weight is 222 g/mol. The van der Waals surface area contributed by atoms with Crippen LogP contribution in [0.15, 0.2) is 22.7 Å². The summed E-state index contributed by atoms with van der Waals surface area (Å²) in [6.45, 7) is 0.0964. The van der Waals surface area contributed by atoms with Gasteiger partial charge in [-0.1, -0.05) is 5.16 Å². The van der Waals surface area contributed by atoms with Gasteiger partial charge in [-0.3, -0.25) is 0 Å². The molecule has 0 radical (unpaired) electrons. The number of nitrogens with two attached hydrogens (primary N) is 1. The molecule has 0 saturated heterocycles. The Morgan fingerprint density at radius 3 is 2.62 bits per heavy atom. The summed E-state index contributed by atoms with van der Waals surface area (Å²) in [5, 5.41) is 3.64. The van der Waals surface area contributed by atoms with Gasteiger partial charge in [0, 0.05) is 17.7 Å². The van der Waals surface area contributed by atoms with Crippen LogP contribution in [0.3, 0.4) is 0 Å². The lowest BCUT2D eigenvalue weighted by Crippen LogP contribution is -1.92. The molecule has 2 aromatic rings. The topological polar surface area (TPSA) is 70.5 Å². The van der Waals surface area contributed by atoms with Crippen molar-refractivity contribution in [1.29, 1.82) is 0 Å². The number of fused-ring (bicyclic) bond motifs is 1. The third-order valence-corrected chi connectivity index (χ3v) is 2.27. The number of hydrogen-bond donors (Lipinski definition) is 1. The molecule has 6 heteroatoms. The van der Waals surface area contributed by atoms with Crippen LogP contribution in [0.5, 0.6) is 11.5 Å². The Balaban J connectivity index is 2.14. The zero-order valence-corrected chi connectivity index (χ0v) is 8.07. The predicted octanol–water partition coefficient (Wildman–Crippen LogP) is 1.79. The molecule has 1 aromatic carbocycles. The number of rotatable bonds is 1. The van der Waals surface area contributed by atoms with Gasteiger partial charge in [0.1, 0.15) is 11.5 Å². The zero-order chi connectivity index (χ0) is 11.1. The quantitative estimate of drug-likeness (QED) is 0.796. The van der Waals surface area contributed by atoms with Crippen molar-refractivity contribution in [1.82, 2.24) is 5.16 Å². The van der Waals surface area contributed by atoms with E-state index in [4.69, 9.17) is 15.2 Å². The van der Waals surface area contributed by atoms with Gasteiger partial charge in [0.05, 0.1) is 0 Å². The van der Waals surface area contributed by atoms with Crippen molar-refractivity contribution in [3.63, 3.8) is 0 Å². The molecule has 2 N–H and O–H groups in total. The fourth-order valence-electron chi connectivity index (χ4n) is 1.53. The Hall–Kier alpha value is -2.24. The molecule has 1 aliphatic heterocycles. The summed E-state index contributed by atoms with van der Waals surface area (Å²) in [4.78, 5) is 0. The van der Waals surface area contributed by atoms with Gasteiger partial charge < -0.3 is 19.7 Å². The van der Waals surface area contributed by atoms with Crippen LogP contribution in [0.4, 0.5) is 10.3 Å². The van der Waals surface area contributed by atoms with Gasteiger partial charge in [0.25, 0.3) is 0 Å². The second-order valence-electron chi connectivity index (χ2n) is 3.30. The van der Waals surface area contributed by atoms with Gasteiger partial charge in [0.15, 0.2) is 11.5 Å². The van der Waals surface area contributed by atoms with Crippen LogP contribution < -0.4 is 15.2 Å². The van der Waals surface area contributed by atoms with Crippen LogP contribution >= 0.6 is 0 Å². The second kappa shape index (κ2) is 3.13. The van der Waals surface area contributed by atoms with Gasteiger partial charge in [-0.15, -0.1) is 0 Å². The molecule has 0 saturated carbocycles. The molecule has 0 unspecified atom stereocenters. The number of nitrogen functional groups attached to an aromatic ring is 1. The Morgan fingerprint density at radius 1 is 1.19 bits per heavy atom. The van der Waals surface area contributed by atoms with Crippen molar-refractivity contribution in [2.45, 2.75) is 0 Å². The van der Waals surface area contributed by atoms with Crippen molar-refractivity contribution in [3.8, 4) is 22.8 Å².